The highest BCUT2D eigenvalue weighted by molar-refractivity contribution is 5.42. The van der Waals surface area contributed by atoms with Crippen molar-refractivity contribution in [2.45, 2.75) is 32.7 Å². The van der Waals surface area contributed by atoms with Gasteiger partial charge in [0.25, 0.3) is 0 Å². The van der Waals surface area contributed by atoms with Crippen LogP contribution >= 0.6 is 0 Å². The molecule has 0 spiro atoms. The number of benzene rings is 1. The van der Waals surface area contributed by atoms with Gasteiger partial charge in [0, 0.05) is 12.2 Å². The van der Waals surface area contributed by atoms with E-state index in [1.54, 1.807) is 6.20 Å². The van der Waals surface area contributed by atoms with E-state index in [9.17, 15) is 0 Å². The van der Waals surface area contributed by atoms with E-state index in [4.69, 9.17) is 15.2 Å². The zero-order valence-corrected chi connectivity index (χ0v) is 12.6. The molecule has 0 radical (unpaired) electrons. The molecule has 0 aliphatic rings. The monoisotopic (exact) mass is 286 g/mol. The van der Waals surface area contributed by atoms with Crippen molar-refractivity contribution in [3.8, 4) is 17.2 Å². The number of ether oxygens (including phenoxy) is 2. The number of hydrogen-bond acceptors (Lipinski definition) is 4. The van der Waals surface area contributed by atoms with Gasteiger partial charge < -0.3 is 15.2 Å². The molecule has 1 unspecified atom stereocenters. The molecule has 4 nitrogen and oxygen atoms in total. The Morgan fingerprint density at radius 2 is 1.95 bits per heavy atom. The highest BCUT2D eigenvalue weighted by atomic mass is 16.5. The lowest BCUT2D eigenvalue weighted by molar-refractivity contribution is 0.302. The molecule has 1 aromatic carbocycles. The van der Waals surface area contributed by atoms with Crippen LogP contribution in [-0.4, -0.2) is 17.6 Å². The Morgan fingerprint density at radius 3 is 2.67 bits per heavy atom. The van der Waals surface area contributed by atoms with Gasteiger partial charge in [0.15, 0.2) is 11.5 Å². The average Bonchev–Trinajstić information content (AvgIpc) is 2.46. The van der Waals surface area contributed by atoms with Gasteiger partial charge in [-0.2, -0.15) is 0 Å². The number of nitrogens with zero attached hydrogens (tertiary/aromatic N) is 1. The first-order valence-electron chi connectivity index (χ1n) is 7.28. The predicted octanol–water partition coefficient (Wildman–Crippen LogP) is 3.55. The summed E-state index contributed by atoms with van der Waals surface area (Å²) in [4.78, 5) is 4.20. The maximum Gasteiger partial charge on any atom is 0.169 e. The smallest absolute Gasteiger partial charge is 0.169 e. The Hall–Kier alpha value is -2.07. The normalized spacial score (nSPS) is 12.0. The van der Waals surface area contributed by atoms with E-state index < -0.39 is 0 Å². The molecule has 0 amide bonds. The molecule has 0 bridgehead atoms. The van der Waals surface area contributed by atoms with E-state index in [1.807, 2.05) is 43.5 Å². The minimum Gasteiger partial charge on any atom is -0.490 e. The number of aromatic nitrogens is 1. The van der Waals surface area contributed by atoms with E-state index in [-0.39, 0.29) is 6.04 Å². The van der Waals surface area contributed by atoms with Gasteiger partial charge in [-0.3, -0.25) is 4.98 Å². The fourth-order valence-corrected chi connectivity index (χ4v) is 2.00. The number of hydrogen-bond donors (Lipinski definition) is 1. The van der Waals surface area contributed by atoms with E-state index in [0.29, 0.717) is 18.1 Å². The van der Waals surface area contributed by atoms with Gasteiger partial charge in [0.2, 0.25) is 0 Å². The summed E-state index contributed by atoms with van der Waals surface area (Å²) in [5, 5.41) is 0. The summed E-state index contributed by atoms with van der Waals surface area (Å²) in [7, 11) is 0. The maximum absolute atomic E-state index is 5.90. The molecule has 0 saturated heterocycles. The van der Waals surface area contributed by atoms with E-state index in [2.05, 4.69) is 11.9 Å². The standard InChI is InChI=1S/C17H22N2O2/c1-3-8-20-16-6-4-5-7-17(16)21-15-10-14(9-13(2)18)11-19-12-15/h4-7,10-13H,3,8-9,18H2,1-2H3. The van der Waals surface area contributed by atoms with Crippen molar-refractivity contribution in [3.05, 3.63) is 48.3 Å². The Bertz CT molecular complexity index is 570. The van der Waals surface area contributed by atoms with Crippen molar-refractivity contribution in [2.75, 3.05) is 6.61 Å². The summed E-state index contributed by atoms with van der Waals surface area (Å²) >= 11 is 0. The summed E-state index contributed by atoms with van der Waals surface area (Å²) in [6, 6.07) is 9.72. The van der Waals surface area contributed by atoms with Crippen molar-refractivity contribution in [1.82, 2.24) is 4.98 Å². The molecule has 0 aliphatic carbocycles. The van der Waals surface area contributed by atoms with E-state index in [1.165, 1.54) is 0 Å². The van der Waals surface area contributed by atoms with Crippen molar-refractivity contribution in [1.29, 1.82) is 0 Å². The second-order valence-electron chi connectivity index (χ2n) is 5.11. The Kier molecular flexibility index (Phi) is 5.58. The van der Waals surface area contributed by atoms with Crippen LogP contribution in [0.2, 0.25) is 0 Å². The fraction of sp³-hybridized carbons (Fsp3) is 0.353. The highest BCUT2D eigenvalue weighted by Crippen LogP contribution is 2.31. The summed E-state index contributed by atoms with van der Waals surface area (Å²) in [6.07, 6.45) is 5.24. The molecule has 4 heteroatoms. The first-order valence-corrected chi connectivity index (χ1v) is 7.28. The quantitative estimate of drug-likeness (QED) is 0.845. The Labute approximate surface area is 125 Å². The number of rotatable bonds is 7. The fourth-order valence-electron chi connectivity index (χ4n) is 2.00. The third kappa shape index (κ3) is 4.76. The van der Waals surface area contributed by atoms with Gasteiger partial charge in [-0.15, -0.1) is 0 Å². The summed E-state index contributed by atoms with van der Waals surface area (Å²) in [6.45, 7) is 4.72. The molecule has 112 valence electrons. The van der Waals surface area contributed by atoms with E-state index in [0.717, 1.165) is 24.2 Å². The molecule has 1 aromatic heterocycles. The van der Waals surface area contributed by atoms with Gasteiger partial charge in [-0.05, 0) is 43.5 Å². The largest absolute Gasteiger partial charge is 0.490 e. The minimum absolute atomic E-state index is 0.0993. The Balaban J connectivity index is 2.14. The van der Waals surface area contributed by atoms with Crippen molar-refractivity contribution in [2.24, 2.45) is 5.73 Å². The minimum atomic E-state index is 0.0993. The second-order valence-corrected chi connectivity index (χ2v) is 5.11. The highest BCUT2D eigenvalue weighted by Gasteiger charge is 2.07. The first-order chi connectivity index (χ1) is 10.2. The number of pyridine rings is 1. The van der Waals surface area contributed by atoms with Crippen LogP contribution in [0.1, 0.15) is 25.8 Å². The summed E-state index contributed by atoms with van der Waals surface area (Å²) in [5.74, 6) is 2.14. The average molecular weight is 286 g/mol. The van der Waals surface area contributed by atoms with Gasteiger partial charge in [0.1, 0.15) is 5.75 Å². The van der Waals surface area contributed by atoms with Crippen LogP contribution in [0.5, 0.6) is 17.2 Å². The Morgan fingerprint density at radius 1 is 1.19 bits per heavy atom. The zero-order valence-electron chi connectivity index (χ0n) is 12.6. The number of para-hydroxylation sites is 2. The topological polar surface area (TPSA) is 57.4 Å². The molecule has 21 heavy (non-hydrogen) atoms. The van der Waals surface area contributed by atoms with Crippen LogP contribution in [0, 0.1) is 0 Å². The van der Waals surface area contributed by atoms with Crippen LogP contribution in [0.3, 0.4) is 0 Å². The molecular weight excluding hydrogens is 264 g/mol. The van der Waals surface area contributed by atoms with Gasteiger partial charge in [0.05, 0.1) is 12.8 Å². The predicted molar refractivity (Wildman–Crippen MR) is 83.9 cm³/mol. The lowest BCUT2D eigenvalue weighted by atomic mass is 10.1. The van der Waals surface area contributed by atoms with Gasteiger partial charge in [-0.25, -0.2) is 0 Å². The molecule has 1 atom stereocenters. The summed E-state index contributed by atoms with van der Waals surface area (Å²) < 4.78 is 11.6. The molecule has 0 aliphatic heterocycles. The molecule has 0 saturated carbocycles. The van der Waals surface area contributed by atoms with Gasteiger partial charge >= 0.3 is 0 Å². The molecule has 1 heterocycles. The lowest BCUT2D eigenvalue weighted by Gasteiger charge is -2.12. The van der Waals surface area contributed by atoms with Crippen molar-refractivity contribution < 1.29 is 9.47 Å². The van der Waals surface area contributed by atoms with Crippen LogP contribution in [0.15, 0.2) is 42.7 Å². The van der Waals surface area contributed by atoms with E-state index >= 15 is 0 Å². The maximum atomic E-state index is 5.90. The van der Waals surface area contributed by atoms with Crippen LogP contribution in [0.25, 0.3) is 0 Å². The van der Waals surface area contributed by atoms with Crippen LogP contribution in [0.4, 0.5) is 0 Å². The van der Waals surface area contributed by atoms with Gasteiger partial charge in [-0.1, -0.05) is 19.1 Å². The van der Waals surface area contributed by atoms with Crippen LogP contribution in [-0.2, 0) is 6.42 Å². The molecule has 2 N–H and O–H groups in total. The third-order valence-corrected chi connectivity index (χ3v) is 2.87. The van der Waals surface area contributed by atoms with Crippen molar-refractivity contribution >= 4 is 0 Å². The molecule has 2 aromatic rings. The number of nitrogens with two attached hydrogens (primary N) is 1. The lowest BCUT2D eigenvalue weighted by Crippen LogP contribution is -2.17. The third-order valence-electron chi connectivity index (χ3n) is 2.87. The molecule has 2 rings (SSSR count). The SMILES string of the molecule is CCCOc1ccccc1Oc1cncc(CC(C)N)c1. The van der Waals surface area contributed by atoms with Crippen LogP contribution < -0.4 is 15.2 Å². The summed E-state index contributed by atoms with van der Waals surface area (Å²) in [5.41, 5.74) is 6.88. The first kappa shape index (κ1) is 15.3. The molecular formula is C17H22N2O2. The zero-order chi connectivity index (χ0) is 15.1. The van der Waals surface area contributed by atoms with Crippen molar-refractivity contribution in [3.63, 3.8) is 0 Å². The molecule has 0 fully saturated rings. The second kappa shape index (κ2) is 7.64.